The van der Waals surface area contributed by atoms with Crippen LogP contribution in [0, 0.1) is 0 Å². The Morgan fingerprint density at radius 3 is 3.15 bits per heavy atom. The van der Waals surface area contributed by atoms with Crippen LogP contribution in [0.2, 0.25) is 5.02 Å². The van der Waals surface area contributed by atoms with Crippen molar-refractivity contribution < 1.29 is 4.42 Å². The molecule has 0 radical (unpaired) electrons. The van der Waals surface area contributed by atoms with Gasteiger partial charge in [-0.1, -0.05) is 11.6 Å². The number of hydrogen-bond donors (Lipinski definition) is 1. The van der Waals surface area contributed by atoms with Crippen LogP contribution in [-0.4, -0.2) is 12.0 Å². The minimum Gasteiger partial charge on any atom is -0.439 e. The fourth-order valence-corrected chi connectivity index (χ4v) is 1.34. The van der Waals surface area contributed by atoms with Crippen LogP contribution >= 0.6 is 11.6 Å². The molecule has 1 aromatic heterocycles. The summed E-state index contributed by atoms with van der Waals surface area (Å²) in [5.74, 6) is 0.680. The molecule has 0 aliphatic carbocycles. The van der Waals surface area contributed by atoms with E-state index in [9.17, 15) is 0 Å². The highest BCUT2D eigenvalue weighted by Crippen LogP contribution is 2.19. The van der Waals surface area contributed by atoms with Gasteiger partial charge in [-0.05, 0) is 19.2 Å². The second-order valence-corrected chi connectivity index (χ2v) is 3.19. The molecule has 0 unspecified atom stereocenters. The van der Waals surface area contributed by atoms with Crippen molar-refractivity contribution in [3.63, 3.8) is 0 Å². The van der Waals surface area contributed by atoms with Gasteiger partial charge in [0.2, 0.25) is 5.89 Å². The average Bonchev–Trinajstić information content (AvgIpc) is 2.46. The first-order chi connectivity index (χ1) is 6.29. The molecule has 0 fully saturated rings. The molecule has 3 nitrogen and oxygen atoms in total. The van der Waals surface area contributed by atoms with Crippen molar-refractivity contribution in [2.75, 3.05) is 7.05 Å². The molecule has 4 heteroatoms. The number of rotatable bonds is 2. The summed E-state index contributed by atoms with van der Waals surface area (Å²) in [6.45, 7) is 0.631. The molecule has 2 aromatic rings. The van der Waals surface area contributed by atoms with Gasteiger partial charge in [0, 0.05) is 11.1 Å². The molecule has 13 heavy (non-hydrogen) atoms. The van der Waals surface area contributed by atoms with Crippen molar-refractivity contribution in [2.24, 2.45) is 0 Å². The fourth-order valence-electron chi connectivity index (χ4n) is 1.17. The Hall–Kier alpha value is -1.06. The van der Waals surface area contributed by atoms with Gasteiger partial charge in [-0.25, -0.2) is 4.98 Å². The first-order valence-corrected chi connectivity index (χ1v) is 4.37. The number of halogens is 1. The predicted molar refractivity (Wildman–Crippen MR) is 51.8 cm³/mol. The molecule has 1 heterocycles. The summed E-state index contributed by atoms with van der Waals surface area (Å²) in [4.78, 5) is 4.26. The van der Waals surface area contributed by atoms with Crippen molar-refractivity contribution in [2.45, 2.75) is 6.54 Å². The number of benzene rings is 1. The highest BCUT2D eigenvalue weighted by atomic mass is 35.5. The lowest BCUT2D eigenvalue weighted by Crippen LogP contribution is -2.04. The maximum atomic E-state index is 5.80. The van der Waals surface area contributed by atoms with Crippen LogP contribution < -0.4 is 5.32 Å². The maximum Gasteiger partial charge on any atom is 0.209 e. The van der Waals surface area contributed by atoms with Gasteiger partial charge >= 0.3 is 0 Å². The second kappa shape index (κ2) is 3.36. The maximum absolute atomic E-state index is 5.80. The molecular weight excluding hydrogens is 188 g/mol. The van der Waals surface area contributed by atoms with Gasteiger partial charge in [0.1, 0.15) is 5.52 Å². The third-order valence-electron chi connectivity index (χ3n) is 1.72. The molecule has 0 amide bonds. The van der Waals surface area contributed by atoms with Gasteiger partial charge < -0.3 is 9.73 Å². The highest BCUT2D eigenvalue weighted by molar-refractivity contribution is 6.31. The Morgan fingerprint density at radius 1 is 1.54 bits per heavy atom. The van der Waals surface area contributed by atoms with Gasteiger partial charge in [0.05, 0.1) is 6.54 Å². The first-order valence-electron chi connectivity index (χ1n) is 3.99. The molecule has 68 valence electrons. The van der Waals surface area contributed by atoms with E-state index in [4.69, 9.17) is 16.0 Å². The number of fused-ring (bicyclic) bond motifs is 1. The molecule has 1 N–H and O–H groups in total. The second-order valence-electron chi connectivity index (χ2n) is 2.75. The number of nitrogens with zero attached hydrogens (tertiary/aromatic N) is 1. The van der Waals surface area contributed by atoms with Crippen LogP contribution in [0.25, 0.3) is 11.1 Å². The Morgan fingerprint density at radius 2 is 2.38 bits per heavy atom. The van der Waals surface area contributed by atoms with Gasteiger partial charge in [0.15, 0.2) is 5.58 Å². The quantitative estimate of drug-likeness (QED) is 0.800. The number of aromatic nitrogens is 1. The van der Waals surface area contributed by atoms with E-state index >= 15 is 0 Å². The van der Waals surface area contributed by atoms with Crippen LogP contribution in [0.5, 0.6) is 0 Å². The van der Waals surface area contributed by atoms with Crippen molar-refractivity contribution >= 4 is 22.7 Å². The zero-order chi connectivity index (χ0) is 9.26. The molecule has 0 aliphatic rings. The molecule has 0 aliphatic heterocycles. The zero-order valence-electron chi connectivity index (χ0n) is 7.17. The number of oxazole rings is 1. The Kier molecular flexibility index (Phi) is 2.20. The Bertz CT molecular complexity index is 424. The zero-order valence-corrected chi connectivity index (χ0v) is 7.93. The predicted octanol–water partition coefficient (Wildman–Crippen LogP) is 2.20. The lowest BCUT2D eigenvalue weighted by molar-refractivity contribution is 0.511. The molecule has 0 saturated carbocycles. The molecular formula is C9H9ClN2O. The Balaban J connectivity index is 2.49. The number of hydrogen-bond acceptors (Lipinski definition) is 3. The van der Waals surface area contributed by atoms with E-state index in [2.05, 4.69) is 10.3 Å². The van der Waals surface area contributed by atoms with Crippen LogP contribution in [0.15, 0.2) is 22.6 Å². The van der Waals surface area contributed by atoms with E-state index in [1.165, 1.54) is 0 Å². The van der Waals surface area contributed by atoms with Gasteiger partial charge in [-0.15, -0.1) is 0 Å². The average molecular weight is 197 g/mol. The first kappa shape index (κ1) is 8.53. The summed E-state index contributed by atoms with van der Waals surface area (Å²) >= 11 is 5.80. The highest BCUT2D eigenvalue weighted by Gasteiger charge is 2.04. The summed E-state index contributed by atoms with van der Waals surface area (Å²) in [6, 6.07) is 5.42. The van der Waals surface area contributed by atoms with Crippen LogP contribution in [0.4, 0.5) is 0 Å². The standard InChI is InChI=1S/C9H9ClN2O/c1-11-5-9-12-7-3-2-6(10)4-8(7)13-9/h2-4,11H,5H2,1H3. The van der Waals surface area contributed by atoms with Crippen molar-refractivity contribution in [1.82, 2.24) is 10.3 Å². The van der Waals surface area contributed by atoms with E-state index in [0.717, 1.165) is 11.1 Å². The third-order valence-corrected chi connectivity index (χ3v) is 1.96. The molecule has 0 spiro atoms. The fraction of sp³-hybridized carbons (Fsp3) is 0.222. The number of nitrogens with one attached hydrogen (secondary N) is 1. The van der Waals surface area contributed by atoms with Crippen LogP contribution in [0.1, 0.15) is 5.89 Å². The monoisotopic (exact) mass is 196 g/mol. The van der Waals surface area contributed by atoms with Crippen molar-refractivity contribution in [3.05, 3.63) is 29.1 Å². The smallest absolute Gasteiger partial charge is 0.209 e. The normalized spacial score (nSPS) is 10.9. The Labute approximate surface area is 80.7 Å². The van der Waals surface area contributed by atoms with E-state index < -0.39 is 0 Å². The largest absolute Gasteiger partial charge is 0.439 e. The summed E-state index contributed by atoms with van der Waals surface area (Å²) in [7, 11) is 1.85. The van der Waals surface area contributed by atoms with Gasteiger partial charge in [0.25, 0.3) is 0 Å². The molecule has 0 bridgehead atoms. The van der Waals surface area contributed by atoms with E-state index in [1.807, 2.05) is 13.1 Å². The minimum atomic E-state index is 0.631. The SMILES string of the molecule is CNCc1nc2ccc(Cl)cc2o1. The summed E-state index contributed by atoms with van der Waals surface area (Å²) in [6.07, 6.45) is 0. The lowest BCUT2D eigenvalue weighted by atomic mass is 10.3. The molecule has 0 saturated heterocycles. The van der Waals surface area contributed by atoms with Crippen molar-refractivity contribution in [3.8, 4) is 0 Å². The molecule has 2 rings (SSSR count). The van der Waals surface area contributed by atoms with E-state index in [1.54, 1.807) is 12.1 Å². The van der Waals surface area contributed by atoms with Gasteiger partial charge in [-0.3, -0.25) is 0 Å². The molecule has 0 atom stereocenters. The van der Waals surface area contributed by atoms with Crippen molar-refractivity contribution in [1.29, 1.82) is 0 Å². The summed E-state index contributed by atoms with van der Waals surface area (Å²) < 4.78 is 5.43. The van der Waals surface area contributed by atoms with Gasteiger partial charge in [-0.2, -0.15) is 0 Å². The summed E-state index contributed by atoms with van der Waals surface area (Å²) in [5.41, 5.74) is 1.58. The van der Waals surface area contributed by atoms with E-state index in [0.29, 0.717) is 17.5 Å². The molecule has 1 aromatic carbocycles. The van der Waals surface area contributed by atoms with Crippen LogP contribution in [-0.2, 0) is 6.54 Å². The third kappa shape index (κ3) is 1.66. The summed E-state index contributed by atoms with van der Waals surface area (Å²) in [5, 5.41) is 3.64. The lowest BCUT2D eigenvalue weighted by Gasteiger charge is -1.88. The topological polar surface area (TPSA) is 38.1 Å². The van der Waals surface area contributed by atoms with E-state index in [-0.39, 0.29) is 0 Å². The van der Waals surface area contributed by atoms with Crippen LogP contribution in [0.3, 0.4) is 0 Å². The minimum absolute atomic E-state index is 0.631.